The third-order valence-corrected chi connectivity index (χ3v) is 3.93. The molecule has 2 atom stereocenters. The summed E-state index contributed by atoms with van der Waals surface area (Å²) < 4.78 is 0. The molecule has 2 unspecified atom stereocenters. The van der Waals surface area contributed by atoms with E-state index in [0.717, 1.165) is 24.0 Å². The molecule has 0 aliphatic carbocycles. The lowest BCUT2D eigenvalue weighted by Gasteiger charge is -2.37. The smallest absolute Gasteiger partial charge is 0.126 e. The molecule has 17 heavy (non-hydrogen) atoms. The Morgan fingerprint density at radius 2 is 2.24 bits per heavy atom. The second-order valence-electron chi connectivity index (χ2n) is 5.09. The minimum atomic E-state index is 0.670. The fourth-order valence-corrected chi connectivity index (χ4v) is 2.56. The van der Waals surface area contributed by atoms with Crippen LogP contribution in [0.15, 0.2) is 18.2 Å². The number of anilines is 1. The van der Waals surface area contributed by atoms with Crippen LogP contribution in [0.3, 0.4) is 0 Å². The van der Waals surface area contributed by atoms with Crippen LogP contribution in [0.2, 0.25) is 0 Å². The average Bonchev–Trinajstić information content (AvgIpc) is 2.35. The van der Waals surface area contributed by atoms with Crippen LogP contribution in [0.1, 0.15) is 32.4 Å². The van der Waals surface area contributed by atoms with E-state index in [1.807, 2.05) is 13.1 Å². The molecule has 0 amide bonds. The van der Waals surface area contributed by atoms with Crippen LogP contribution in [0, 0.1) is 5.92 Å². The predicted octanol–water partition coefficient (Wildman–Crippen LogP) is 2.74. The molecule has 2 heterocycles. The average molecular weight is 233 g/mol. The molecule has 2 rings (SSSR count). The van der Waals surface area contributed by atoms with Crippen molar-refractivity contribution in [2.24, 2.45) is 5.92 Å². The molecule has 0 saturated carbocycles. The molecular weight excluding hydrogens is 210 g/mol. The van der Waals surface area contributed by atoms with E-state index in [2.05, 4.69) is 41.2 Å². The lowest BCUT2D eigenvalue weighted by Crippen LogP contribution is -2.41. The lowest BCUT2D eigenvalue weighted by atomic mass is 9.92. The Hall–Kier alpha value is -1.09. The minimum absolute atomic E-state index is 0.670. The Kier molecular flexibility index (Phi) is 4.00. The molecule has 0 radical (unpaired) electrons. The van der Waals surface area contributed by atoms with Crippen LogP contribution in [0.25, 0.3) is 0 Å². The first-order chi connectivity index (χ1) is 8.20. The zero-order valence-electron chi connectivity index (χ0n) is 11.1. The van der Waals surface area contributed by atoms with Gasteiger partial charge in [0.05, 0.1) is 5.69 Å². The summed E-state index contributed by atoms with van der Waals surface area (Å²) in [6.45, 7) is 6.87. The highest BCUT2D eigenvalue weighted by Gasteiger charge is 2.24. The second kappa shape index (κ2) is 5.50. The summed E-state index contributed by atoms with van der Waals surface area (Å²) in [7, 11) is 1.91. The van der Waals surface area contributed by atoms with Gasteiger partial charge in [0.15, 0.2) is 0 Å². The van der Waals surface area contributed by atoms with Gasteiger partial charge in [0.1, 0.15) is 5.82 Å². The fourth-order valence-electron chi connectivity index (χ4n) is 2.56. The number of aromatic nitrogens is 1. The number of hydrogen-bond donors (Lipinski definition) is 1. The van der Waals surface area contributed by atoms with E-state index in [0.29, 0.717) is 6.04 Å². The van der Waals surface area contributed by atoms with Crippen molar-refractivity contribution in [1.82, 2.24) is 9.88 Å². The molecule has 0 aromatic carbocycles. The first-order valence-electron chi connectivity index (χ1n) is 6.58. The van der Waals surface area contributed by atoms with E-state index in [9.17, 15) is 0 Å². The summed E-state index contributed by atoms with van der Waals surface area (Å²) in [4.78, 5) is 7.14. The van der Waals surface area contributed by atoms with Crippen molar-refractivity contribution in [3.8, 4) is 0 Å². The zero-order valence-corrected chi connectivity index (χ0v) is 11.1. The zero-order chi connectivity index (χ0) is 12.3. The number of piperidine rings is 1. The van der Waals surface area contributed by atoms with Crippen LogP contribution in [-0.2, 0) is 6.54 Å². The quantitative estimate of drug-likeness (QED) is 0.870. The van der Waals surface area contributed by atoms with E-state index >= 15 is 0 Å². The molecule has 1 fully saturated rings. The Bertz CT molecular complexity index is 364. The number of nitrogens with zero attached hydrogens (tertiary/aromatic N) is 2. The first kappa shape index (κ1) is 12.4. The largest absolute Gasteiger partial charge is 0.373 e. The van der Waals surface area contributed by atoms with Crippen molar-refractivity contribution >= 4 is 5.82 Å². The van der Waals surface area contributed by atoms with Gasteiger partial charge in [0.2, 0.25) is 0 Å². The third kappa shape index (κ3) is 2.97. The van der Waals surface area contributed by atoms with Gasteiger partial charge in [0.25, 0.3) is 0 Å². The maximum absolute atomic E-state index is 4.59. The van der Waals surface area contributed by atoms with Crippen LogP contribution in [0.4, 0.5) is 5.82 Å². The van der Waals surface area contributed by atoms with Crippen molar-refractivity contribution in [3.05, 3.63) is 23.9 Å². The summed E-state index contributed by atoms with van der Waals surface area (Å²) in [6.07, 6.45) is 2.68. The Labute approximate surface area is 104 Å². The lowest BCUT2D eigenvalue weighted by molar-refractivity contribution is 0.105. The van der Waals surface area contributed by atoms with Gasteiger partial charge in [-0.3, -0.25) is 4.90 Å². The topological polar surface area (TPSA) is 28.2 Å². The molecule has 1 aliphatic rings. The molecule has 1 N–H and O–H groups in total. The molecule has 1 aromatic rings. The standard InChI is InChI=1S/C14H23N3/c1-11-6-5-9-17(12(11)2)10-13-7-4-8-14(15-3)16-13/h4,7-8,11-12H,5-6,9-10H2,1-3H3,(H,15,16). The maximum Gasteiger partial charge on any atom is 0.126 e. The van der Waals surface area contributed by atoms with Gasteiger partial charge in [-0.25, -0.2) is 4.98 Å². The van der Waals surface area contributed by atoms with Crippen LogP contribution in [0.5, 0.6) is 0 Å². The molecule has 3 heteroatoms. The van der Waals surface area contributed by atoms with Crippen LogP contribution >= 0.6 is 0 Å². The summed E-state index contributed by atoms with van der Waals surface area (Å²) in [6, 6.07) is 6.87. The molecule has 3 nitrogen and oxygen atoms in total. The summed E-state index contributed by atoms with van der Waals surface area (Å²) in [5, 5.41) is 3.09. The van der Waals surface area contributed by atoms with Crippen molar-refractivity contribution < 1.29 is 0 Å². The third-order valence-electron chi connectivity index (χ3n) is 3.93. The van der Waals surface area contributed by atoms with Gasteiger partial charge >= 0.3 is 0 Å². The molecule has 94 valence electrons. The van der Waals surface area contributed by atoms with E-state index in [1.165, 1.54) is 19.4 Å². The number of nitrogens with one attached hydrogen (secondary N) is 1. The first-order valence-corrected chi connectivity index (χ1v) is 6.58. The van der Waals surface area contributed by atoms with Gasteiger partial charge in [-0.2, -0.15) is 0 Å². The highest BCUT2D eigenvalue weighted by atomic mass is 15.2. The normalized spacial score (nSPS) is 25.8. The van der Waals surface area contributed by atoms with Gasteiger partial charge in [0, 0.05) is 19.6 Å². The Morgan fingerprint density at radius 1 is 1.41 bits per heavy atom. The molecular formula is C14H23N3. The number of rotatable bonds is 3. The molecule has 1 aliphatic heterocycles. The Balaban J connectivity index is 2.04. The Morgan fingerprint density at radius 3 is 3.00 bits per heavy atom. The molecule has 1 aromatic heterocycles. The second-order valence-corrected chi connectivity index (χ2v) is 5.09. The number of hydrogen-bond acceptors (Lipinski definition) is 3. The summed E-state index contributed by atoms with van der Waals surface area (Å²) in [5.74, 6) is 1.76. The monoisotopic (exact) mass is 233 g/mol. The van der Waals surface area contributed by atoms with Gasteiger partial charge in [-0.05, 0) is 44.4 Å². The summed E-state index contributed by atoms with van der Waals surface area (Å²) in [5.41, 5.74) is 1.16. The molecule has 0 spiro atoms. The number of pyridine rings is 1. The van der Waals surface area contributed by atoms with Crippen LogP contribution in [-0.4, -0.2) is 29.5 Å². The van der Waals surface area contributed by atoms with Crippen LogP contribution < -0.4 is 5.32 Å². The maximum atomic E-state index is 4.59. The van der Waals surface area contributed by atoms with E-state index in [4.69, 9.17) is 0 Å². The van der Waals surface area contributed by atoms with Gasteiger partial charge in [-0.1, -0.05) is 13.0 Å². The van der Waals surface area contributed by atoms with Gasteiger partial charge in [-0.15, -0.1) is 0 Å². The fraction of sp³-hybridized carbons (Fsp3) is 0.643. The van der Waals surface area contributed by atoms with Crippen molar-refractivity contribution in [1.29, 1.82) is 0 Å². The highest BCUT2D eigenvalue weighted by molar-refractivity contribution is 5.34. The van der Waals surface area contributed by atoms with Gasteiger partial charge < -0.3 is 5.32 Å². The minimum Gasteiger partial charge on any atom is -0.373 e. The SMILES string of the molecule is CNc1cccc(CN2CCCC(C)C2C)n1. The van der Waals surface area contributed by atoms with Crippen molar-refractivity contribution in [2.45, 2.75) is 39.3 Å². The predicted molar refractivity (Wildman–Crippen MR) is 72.1 cm³/mol. The van der Waals surface area contributed by atoms with E-state index < -0.39 is 0 Å². The molecule has 0 bridgehead atoms. The van der Waals surface area contributed by atoms with E-state index in [1.54, 1.807) is 0 Å². The highest BCUT2D eigenvalue weighted by Crippen LogP contribution is 2.24. The summed E-state index contributed by atoms with van der Waals surface area (Å²) >= 11 is 0. The molecule has 1 saturated heterocycles. The van der Waals surface area contributed by atoms with Crippen molar-refractivity contribution in [3.63, 3.8) is 0 Å². The van der Waals surface area contributed by atoms with E-state index in [-0.39, 0.29) is 0 Å². The van der Waals surface area contributed by atoms with Crippen molar-refractivity contribution in [2.75, 3.05) is 18.9 Å². The number of likely N-dealkylation sites (tertiary alicyclic amines) is 1.